The number of rotatable bonds is 4. The molecule has 5 nitrogen and oxygen atoms in total. The second kappa shape index (κ2) is 3.93. The van der Waals surface area contributed by atoms with Crippen molar-refractivity contribution in [2.24, 2.45) is 5.92 Å². The lowest BCUT2D eigenvalue weighted by atomic mass is 9.93. The van der Waals surface area contributed by atoms with Gasteiger partial charge in [-0.15, -0.1) is 0 Å². The van der Waals surface area contributed by atoms with Crippen LogP contribution in [0.4, 0.5) is 5.82 Å². The summed E-state index contributed by atoms with van der Waals surface area (Å²) >= 11 is 0. The highest BCUT2D eigenvalue weighted by atomic mass is 15.2. The summed E-state index contributed by atoms with van der Waals surface area (Å²) in [5.41, 5.74) is 1.89. The number of anilines is 1. The molecule has 2 saturated carbocycles. The first-order valence-electron chi connectivity index (χ1n) is 6.82. The fraction of sp³-hybridized carbons (Fsp3) is 0.615. The molecular weight excluding hydrogens is 226 g/mol. The van der Waals surface area contributed by atoms with Gasteiger partial charge < -0.3 is 9.88 Å². The number of hydrogen-bond acceptors (Lipinski definition) is 4. The molecule has 4 rings (SSSR count). The zero-order chi connectivity index (χ0) is 11.9. The van der Waals surface area contributed by atoms with E-state index in [-0.39, 0.29) is 0 Å². The molecule has 2 fully saturated rings. The highest BCUT2D eigenvalue weighted by molar-refractivity contribution is 5.82. The number of nitrogens with zero attached hydrogens (tertiary/aromatic N) is 4. The Morgan fingerprint density at radius 1 is 1.17 bits per heavy atom. The Morgan fingerprint density at radius 2 is 2.06 bits per heavy atom. The third-order valence-electron chi connectivity index (χ3n) is 4.00. The quantitative estimate of drug-likeness (QED) is 0.894. The lowest BCUT2D eigenvalue weighted by Crippen LogP contribution is -2.27. The second-order valence-electron chi connectivity index (χ2n) is 5.51. The number of imidazole rings is 1. The van der Waals surface area contributed by atoms with Gasteiger partial charge in [-0.2, -0.15) is 0 Å². The fourth-order valence-electron chi connectivity index (χ4n) is 2.44. The van der Waals surface area contributed by atoms with Crippen LogP contribution in [0.3, 0.4) is 0 Å². The van der Waals surface area contributed by atoms with E-state index in [0.717, 1.165) is 29.4 Å². The minimum atomic E-state index is 0.580. The molecule has 94 valence electrons. The van der Waals surface area contributed by atoms with E-state index >= 15 is 0 Å². The summed E-state index contributed by atoms with van der Waals surface area (Å²) in [4.78, 5) is 13.2. The zero-order valence-corrected chi connectivity index (χ0v) is 10.3. The van der Waals surface area contributed by atoms with Crippen molar-refractivity contribution in [3.8, 4) is 0 Å². The average Bonchev–Trinajstić information content (AvgIpc) is 3.05. The van der Waals surface area contributed by atoms with E-state index in [9.17, 15) is 0 Å². The van der Waals surface area contributed by atoms with Crippen molar-refractivity contribution in [1.82, 2.24) is 19.5 Å². The van der Waals surface area contributed by atoms with E-state index in [0.29, 0.717) is 6.04 Å². The van der Waals surface area contributed by atoms with E-state index in [2.05, 4.69) is 24.8 Å². The van der Waals surface area contributed by atoms with Crippen LogP contribution < -0.4 is 5.32 Å². The summed E-state index contributed by atoms with van der Waals surface area (Å²) in [6.07, 6.45) is 10.1. The molecule has 2 aromatic rings. The Balaban J connectivity index is 1.67. The van der Waals surface area contributed by atoms with Gasteiger partial charge in [0.25, 0.3) is 0 Å². The van der Waals surface area contributed by atoms with E-state index in [1.165, 1.54) is 32.1 Å². The lowest BCUT2D eigenvalue weighted by molar-refractivity contribution is 0.444. The predicted molar refractivity (Wildman–Crippen MR) is 69.3 cm³/mol. The van der Waals surface area contributed by atoms with Gasteiger partial charge in [-0.1, -0.05) is 0 Å². The predicted octanol–water partition coefficient (Wildman–Crippen LogP) is 2.20. The van der Waals surface area contributed by atoms with Crippen molar-refractivity contribution >= 4 is 17.0 Å². The Hall–Kier alpha value is -1.65. The van der Waals surface area contributed by atoms with Crippen molar-refractivity contribution in [2.75, 3.05) is 5.32 Å². The molecule has 2 aliphatic carbocycles. The van der Waals surface area contributed by atoms with E-state index < -0.39 is 0 Å². The molecule has 0 amide bonds. The molecule has 0 aromatic carbocycles. The largest absolute Gasteiger partial charge is 0.365 e. The van der Waals surface area contributed by atoms with Gasteiger partial charge in [0.15, 0.2) is 11.5 Å². The van der Waals surface area contributed by atoms with Crippen LogP contribution >= 0.6 is 0 Å². The molecule has 0 bridgehead atoms. The third kappa shape index (κ3) is 1.74. The Kier molecular flexibility index (Phi) is 2.25. The topological polar surface area (TPSA) is 55.6 Å². The van der Waals surface area contributed by atoms with Crippen LogP contribution in [0.1, 0.15) is 32.1 Å². The van der Waals surface area contributed by atoms with Crippen LogP contribution in [0.25, 0.3) is 11.2 Å². The van der Waals surface area contributed by atoms with E-state index in [1.54, 1.807) is 6.33 Å². The number of aromatic nitrogens is 4. The maximum absolute atomic E-state index is 4.49. The summed E-state index contributed by atoms with van der Waals surface area (Å²) in [6.45, 7) is 1.05. The monoisotopic (exact) mass is 243 g/mol. The van der Waals surface area contributed by atoms with Crippen molar-refractivity contribution in [1.29, 1.82) is 0 Å². The summed E-state index contributed by atoms with van der Waals surface area (Å²) in [5, 5.41) is 3.48. The zero-order valence-electron chi connectivity index (χ0n) is 10.3. The van der Waals surface area contributed by atoms with Crippen molar-refractivity contribution in [2.45, 2.75) is 44.7 Å². The second-order valence-corrected chi connectivity index (χ2v) is 5.51. The molecule has 0 saturated heterocycles. The van der Waals surface area contributed by atoms with Gasteiger partial charge in [-0.25, -0.2) is 15.0 Å². The summed E-state index contributed by atoms with van der Waals surface area (Å²) in [7, 11) is 0. The first-order chi connectivity index (χ1) is 8.90. The van der Waals surface area contributed by atoms with E-state index in [1.807, 2.05) is 6.33 Å². The molecule has 0 spiro atoms. The summed E-state index contributed by atoms with van der Waals surface area (Å²) in [6, 6.07) is 0.580. The Bertz CT molecular complexity index is 568. The molecule has 18 heavy (non-hydrogen) atoms. The maximum Gasteiger partial charge on any atom is 0.165 e. The van der Waals surface area contributed by atoms with E-state index in [4.69, 9.17) is 0 Å². The first-order valence-corrected chi connectivity index (χ1v) is 6.82. The molecular formula is C13H17N5. The first kappa shape index (κ1) is 10.3. The van der Waals surface area contributed by atoms with Gasteiger partial charge in [0.2, 0.25) is 0 Å². The van der Waals surface area contributed by atoms with Gasteiger partial charge in [0.1, 0.15) is 11.8 Å². The normalized spacial score (nSPS) is 20.0. The third-order valence-corrected chi connectivity index (χ3v) is 4.00. The maximum atomic E-state index is 4.49. The van der Waals surface area contributed by atoms with Crippen molar-refractivity contribution < 1.29 is 0 Å². The van der Waals surface area contributed by atoms with Gasteiger partial charge >= 0.3 is 0 Å². The lowest BCUT2D eigenvalue weighted by Gasteiger charge is -2.26. The minimum Gasteiger partial charge on any atom is -0.365 e. The minimum absolute atomic E-state index is 0.580. The highest BCUT2D eigenvalue weighted by Gasteiger charge is 2.24. The number of fused-ring (bicyclic) bond motifs is 1. The van der Waals surface area contributed by atoms with Crippen LogP contribution in [0, 0.1) is 5.92 Å². The van der Waals surface area contributed by atoms with Crippen LogP contribution in [-0.2, 0) is 6.54 Å². The molecule has 0 aliphatic heterocycles. The molecule has 2 heterocycles. The van der Waals surface area contributed by atoms with Crippen LogP contribution in [0.5, 0.6) is 0 Å². The summed E-state index contributed by atoms with van der Waals surface area (Å²) < 4.78 is 2.17. The van der Waals surface area contributed by atoms with Crippen molar-refractivity contribution in [3.05, 3.63) is 12.7 Å². The average molecular weight is 243 g/mol. The summed E-state index contributed by atoms with van der Waals surface area (Å²) in [5.74, 6) is 1.74. The fourth-order valence-corrected chi connectivity index (χ4v) is 2.44. The highest BCUT2D eigenvalue weighted by Crippen LogP contribution is 2.32. The standard InChI is InChI=1S/C13H17N5/c1-2-10(3-1)17-12-11-13(15-7-14-12)18(8-16-11)6-9-4-5-9/h7-10H,1-6H2,(H,14,15,17). The molecule has 2 aliphatic rings. The number of hydrogen-bond donors (Lipinski definition) is 1. The van der Waals surface area contributed by atoms with Gasteiger partial charge in [-0.3, -0.25) is 0 Å². The van der Waals surface area contributed by atoms with Crippen molar-refractivity contribution in [3.63, 3.8) is 0 Å². The van der Waals surface area contributed by atoms with Crippen LogP contribution in [-0.4, -0.2) is 25.6 Å². The molecule has 0 unspecified atom stereocenters. The Morgan fingerprint density at radius 3 is 2.78 bits per heavy atom. The molecule has 0 atom stereocenters. The Labute approximate surface area is 106 Å². The van der Waals surface area contributed by atoms with Crippen LogP contribution in [0.2, 0.25) is 0 Å². The smallest absolute Gasteiger partial charge is 0.165 e. The van der Waals surface area contributed by atoms with Gasteiger partial charge in [0.05, 0.1) is 6.33 Å². The van der Waals surface area contributed by atoms with Crippen LogP contribution in [0.15, 0.2) is 12.7 Å². The molecule has 0 radical (unpaired) electrons. The molecule has 2 aromatic heterocycles. The molecule has 1 N–H and O–H groups in total. The molecule has 5 heteroatoms. The SMILES string of the molecule is c1nc(NC2CCC2)c2ncn(CC3CC3)c2n1. The number of nitrogens with one attached hydrogen (secondary N) is 1. The van der Waals surface area contributed by atoms with Gasteiger partial charge in [0, 0.05) is 12.6 Å². The van der Waals surface area contributed by atoms with Gasteiger partial charge in [-0.05, 0) is 38.0 Å².